The van der Waals surface area contributed by atoms with Gasteiger partial charge in [0.15, 0.2) is 11.5 Å². The van der Waals surface area contributed by atoms with Gasteiger partial charge in [0.1, 0.15) is 5.69 Å². The first kappa shape index (κ1) is 18.1. The quantitative estimate of drug-likeness (QED) is 0.664. The molecule has 0 aliphatic carbocycles. The highest BCUT2D eigenvalue weighted by atomic mass is 35.5. The average Bonchev–Trinajstić information content (AvgIpc) is 3.20. The Hall–Kier alpha value is -3.32. The number of anilines is 1. The molecule has 2 N–H and O–H groups in total. The standard InChI is InChI=1S/C20H17ClN4O3/c21-15-4-1-13(2-5-15)10-24-20-22-8-7-16(25-20)19(26)23-11-14-3-6-17-18(9-14)28-12-27-17/h1-9H,10-12H2,(H,23,26)(H,22,24,25). The van der Waals surface area contributed by atoms with Crippen molar-refractivity contribution in [1.29, 1.82) is 0 Å². The minimum atomic E-state index is -0.283. The third-order valence-electron chi connectivity index (χ3n) is 4.14. The van der Waals surface area contributed by atoms with Crippen molar-refractivity contribution in [3.8, 4) is 11.5 Å². The van der Waals surface area contributed by atoms with Crippen molar-refractivity contribution >= 4 is 23.5 Å². The molecule has 1 amide bonds. The molecule has 2 aromatic carbocycles. The topological polar surface area (TPSA) is 85.4 Å². The Morgan fingerprint density at radius 2 is 1.79 bits per heavy atom. The largest absolute Gasteiger partial charge is 0.454 e. The summed E-state index contributed by atoms with van der Waals surface area (Å²) < 4.78 is 10.6. The van der Waals surface area contributed by atoms with Crippen LogP contribution in [0.25, 0.3) is 0 Å². The molecule has 1 aliphatic rings. The Kier molecular flexibility index (Phi) is 5.25. The summed E-state index contributed by atoms with van der Waals surface area (Å²) in [5, 5.41) is 6.63. The predicted molar refractivity (Wildman–Crippen MR) is 105 cm³/mol. The number of fused-ring (bicyclic) bond motifs is 1. The van der Waals surface area contributed by atoms with Crippen LogP contribution in [0, 0.1) is 0 Å². The maximum atomic E-state index is 12.4. The molecule has 0 unspecified atom stereocenters. The van der Waals surface area contributed by atoms with Crippen LogP contribution >= 0.6 is 11.6 Å². The molecule has 28 heavy (non-hydrogen) atoms. The van der Waals surface area contributed by atoms with Gasteiger partial charge in [-0.3, -0.25) is 4.79 Å². The SMILES string of the molecule is O=C(NCc1ccc2c(c1)OCO2)c1ccnc(NCc2ccc(Cl)cc2)n1. The molecule has 0 saturated carbocycles. The molecule has 0 atom stereocenters. The Bertz CT molecular complexity index is 995. The summed E-state index contributed by atoms with van der Waals surface area (Å²) in [6.45, 7) is 1.10. The number of aromatic nitrogens is 2. The lowest BCUT2D eigenvalue weighted by molar-refractivity contribution is 0.0946. The highest BCUT2D eigenvalue weighted by Crippen LogP contribution is 2.32. The summed E-state index contributed by atoms with van der Waals surface area (Å²) in [5.74, 6) is 1.49. The van der Waals surface area contributed by atoms with Crippen molar-refractivity contribution < 1.29 is 14.3 Å². The van der Waals surface area contributed by atoms with Crippen molar-refractivity contribution in [1.82, 2.24) is 15.3 Å². The van der Waals surface area contributed by atoms with Gasteiger partial charge in [-0.1, -0.05) is 29.8 Å². The van der Waals surface area contributed by atoms with E-state index in [1.54, 1.807) is 12.3 Å². The lowest BCUT2D eigenvalue weighted by Crippen LogP contribution is -2.24. The molecule has 0 fully saturated rings. The number of hydrogen-bond donors (Lipinski definition) is 2. The molecule has 0 bridgehead atoms. The van der Waals surface area contributed by atoms with Crippen molar-refractivity contribution in [2.75, 3.05) is 12.1 Å². The maximum Gasteiger partial charge on any atom is 0.270 e. The van der Waals surface area contributed by atoms with Crippen LogP contribution < -0.4 is 20.1 Å². The van der Waals surface area contributed by atoms with Gasteiger partial charge < -0.3 is 20.1 Å². The van der Waals surface area contributed by atoms with Gasteiger partial charge in [-0.05, 0) is 41.5 Å². The zero-order valence-corrected chi connectivity index (χ0v) is 15.6. The molecular formula is C20H17ClN4O3. The van der Waals surface area contributed by atoms with E-state index in [2.05, 4.69) is 20.6 Å². The molecule has 1 aliphatic heterocycles. The van der Waals surface area contributed by atoms with Crippen LogP contribution in [-0.4, -0.2) is 22.7 Å². The second kappa shape index (κ2) is 8.14. The minimum Gasteiger partial charge on any atom is -0.454 e. The molecule has 0 spiro atoms. The number of hydrogen-bond acceptors (Lipinski definition) is 6. The van der Waals surface area contributed by atoms with Crippen LogP contribution in [0.5, 0.6) is 11.5 Å². The fraction of sp³-hybridized carbons (Fsp3) is 0.150. The highest BCUT2D eigenvalue weighted by Gasteiger charge is 2.14. The number of nitrogens with zero attached hydrogens (tertiary/aromatic N) is 2. The fourth-order valence-electron chi connectivity index (χ4n) is 2.68. The van der Waals surface area contributed by atoms with Gasteiger partial charge in [0, 0.05) is 24.3 Å². The average molecular weight is 397 g/mol. The molecule has 0 saturated heterocycles. The molecule has 7 nitrogen and oxygen atoms in total. The third kappa shape index (κ3) is 4.32. The van der Waals surface area contributed by atoms with Gasteiger partial charge in [0.2, 0.25) is 12.7 Å². The summed E-state index contributed by atoms with van der Waals surface area (Å²) in [5.41, 5.74) is 2.23. The van der Waals surface area contributed by atoms with Crippen LogP contribution in [-0.2, 0) is 13.1 Å². The van der Waals surface area contributed by atoms with E-state index in [-0.39, 0.29) is 18.4 Å². The van der Waals surface area contributed by atoms with Gasteiger partial charge in [0.25, 0.3) is 5.91 Å². The lowest BCUT2D eigenvalue weighted by Gasteiger charge is -2.08. The lowest BCUT2D eigenvalue weighted by atomic mass is 10.2. The fourth-order valence-corrected chi connectivity index (χ4v) is 2.80. The van der Waals surface area contributed by atoms with Gasteiger partial charge in [-0.2, -0.15) is 0 Å². The summed E-state index contributed by atoms with van der Waals surface area (Å²) >= 11 is 5.88. The van der Waals surface area contributed by atoms with Gasteiger partial charge in [-0.25, -0.2) is 9.97 Å². The zero-order valence-electron chi connectivity index (χ0n) is 14.8. The van der Waals surface area contributed by atoms with Crippen molar-refractivity contribution in [2.45, 2.75) is 13.1 Å². The van der Waals surface area contributed by atoms with E-state index in [0.717, 1.165) is 11.1 Å². The Morgan fingerprint density at radius 3 is 2.64 bits per heavy atom. The molecule has 3 aromatic rings. The summed E-state index contributed by atoms with van der Waals surface area (Å²) in [4.78, 5) is 20.8. The minimum absolute atomic E-state index is 0.220. The van der Waals surface area contributed by atoms with Crippen LogP contribution in [0.2, 0.25) is 5.02 Å². The van der Waals surface area contributed by atoms with Gasteiger partial charge in [-0.15, -0.1) is 0 Å². The molecule has 1 aromatic heterocycles. The first-order valence-electron chi connectivity index (χ1n) is 8.65. The molecule has 142 valence electrons. The van der Waals surface area contributed by atoms with Crippen molar-refractivity contribution in [2.24, 2.45) is 0 Å². The summed E-state index contributed by atoms with van der Waals surface area (Å²) in [6, 6.07) is 14.6. The molecule has 0 radical (unpaired) electrons. The normalized spacial score (nSPS) is 11.9. The number of nitrogens with one attached hydrogen (secondary N) is 2. The number of benzene rings is 2. The second-order valence-corrected chi connectivity index (χ2v) is 6.55. The molecule has 4 rings (SSSR count). The van der Waals surface area contributed by atoms with Crippen LogP contribution in [0.1, 0.15) is 21.6 Å². The summed E-state index contributed by atoms with van der Waals surface area (Å²) in [7, 11) is 0. The van der Waals surface area contributed by atoms with E-state index in [9.17, 15) is 4.79 Å². The van der Waals surface area contributed by atoms with E-state index in [0.29, 0.717) is 35.6 Å². The molecule has 8 heteroatoms. The Balaban J connectivity index is 1.35. The predicted octanol–water partition coefficient (Wildman–Crippen LogP) is 3.40. The number of rotatable bonds is 6. The summed E-state index contributed by atoms with van der Waals surface area (Å²) in [6.07, 6.45) is 1.55. The zero-order chi connectivity index (χ0) is 19.3. The van der Waals surface area contributed by atoms with E-state index in [1.807, 2.05) is 42.5 Å². The van der Waals surface area contributed by atoms with E-state index >= 15 is 0 Å². The highest BCUT2D eigenvalue weighted by molar-refractivity contribution is 6.30. The first-order chi connectivity index (χ1) is 13.7. The van der Waals surface area contributed by atoms with Gasteiger partial charge in [0.05, 0.1) is 0 Å². The monoisotopic (exact) mass is 396 g/mol. The number of carbonyl (C=O) groups is 1. The Labute approximate surface area is 166 Å². The van der Waals surface area contributed by atoms with E-state index in [1.165, 1.54) is 0 Å². The second-order valence-electron chi connectivity index (χ2n) is 6.12. The Morgan fingerprint density at radius 1 is 1.00 bits per heavy atom. The van der Waals surface area contributed by atoms with Crippen LogP contribution in [0.4, 0.5) is 5.95 Å². The number of ether oxygens (including phenoxy) is 2. The number of halogens is 1. The maximum absolute atomic E-state index is 12.4. The van der Waals surface area contributed by atoms with Crippen LogP contribution in [0.3, 0.4) is 0 Å². The van der Waals surface area contributed by atoms with Crippen molar-refractivity contribution in [3.63, 3.8) is 0 Å². The number of amides is 1. The van der Waals surface area contributed by atoms with Gasteiger partial charge >= 0.3 is 0 Å². The molecular weight excluding hydrogens is 380 g/mol. The van der Waals surface area contributed by atoms with E-state index < -0.39 is 0 Å². The number of carbonyl (C=O) groups excluding carboxylic acids is 1. The molecule has 2 heterocycles. The van der Waals surface area contributed by atoms with Crippen molar-refractivity contribution in [3.05, 3.63) is 76.6 Å². The third-order valence-corrected chi connectivity index (χ3v) is 4.39. The van der Waals surface area contributed by atoms with Crippen LogP contribution in [0.15, 0.2) is 54.7 Å². The first-order valence-corrected chi connectivity index (χ1v) is 9.03. The van der Waals surface area contributed by atoms with E-state index in [4.69, 9.17) is 21.1 Å². The smallest absolute Gasteiger partial charge is 0.270 e.